The summed E-state index contributed by atoms with van der Waals surface area (Å²) in [5.74, 6) is 1.95. The Kier molecular flexibility index (Phi) is 6.29. The predicted octanol–water partition coefficient (Wildman–Crippen LogP) is 4.14. The lowest BCUT2D eigenvalue weighted by Crippen LogP contribution is -2.42. The van der Waals surface area contributed by atoms with E-state index in [1.165, 1.54) is 0 Å². The maximum absolute atomic E-state index is 12.7. The van der Waals surface area contributed by atoms with Crippen LogP contribution in [-0.4, -0.2) is 37.1 Å². The van der Waals surface area contributed by atoms with Crippen LogP contribution in [0.25, 0.3) is 6.08 Å². The number of rotatable bonds is 8. The minimum absolute atomic E-state index is 0.0973. The molecule has 24 heavy (non-hydrogen) atoms. The van der Waals surface area contributed by atoms with Crippen LogP contribution in [0, 0.1) is 5.92 Å². The Balaban J connectivity index is 2.13. The normalized spacial score (nSPS) is 16.7. The Morgan fingerprint density at radius 3 is 2.46 bits per heavy atom. The van der Waals surface area contributed by atoms with Gasteiger partial charge in [0.1, 0.15) is 0 Å². The first-order chi connectivity index (χ1) is 11.5. The Bertz CT molecular complexity index is 593. The van der Waals surface area contributed by atoms with Gasteiger partial charge in [-0.25, -0.2) is 0 Å². The minimum Gasteiger partial charge on any atom is -0.493 e. The topological polar surface area (TPSA) is 38.8 Å². The van der Waals surface area contributed by atoms with E-state index in [0.717, 1.165) is 24.8 Å². The van der Waals surface area contributed by atoms with Crippen molar-refractivity contribution < 1.29 is 14.3 Å². The van der Waals surface area contributed by atoms with E-state index in [1.807, 2.05) is 24.3 Å². The Morgan fingerprint density at radius 1 is 1.25 bits per heavy atom. The molecule has 2 unspecified atom stereocenters. The number of amides is 1. The summed E-state index contributed by atoms with van der Waals surface area (Å²) in [6.45, 7) is 6.55. The molecule has 0 radical (unpaired) electrons. The number of hydrogen-bond donors (Lipinski definition) is 0. The molecule has 0 aromatic heterocycles. The Labute approximate surface area is 145 Å². The molecule has 0 spiro atoms. The predicted molar refractivity (Wildman–Crippen MR) is 97.4 cm³/mol. The summed E-state index contributed by atoms with van der Waals surface area (Å²) in [4.78, 5) is 14.8. The SMILES string of the molecule is CCC(C)C(C)N(C(=O)C=Cc1ccc(OC)c(OC)c1)C1CC1. The van der Waals surface area contributed by atoms with Crippen molar-refractivity contribution >= 4 is 12.0 Å². The van der Waals surface area contributed by atoms with Gasteiger partial charge in [-0.05, 0) is 49.5 Å². The minimum atomic E-state index is 0.0973. The molecule has 0 heterocycles. The lowest BCUT2D eigenvalue weighted by molar-refractivity contribution is -0.129. The van der Waals surface area contributed by atoms with Crippen LogP contribution in [0.5, 0.6) is 11.5 Å². The Morgan fingerprint density at radius 2 is 1.92 bits per heavy atom. The monoisotopic (exact) mass is 331 g/mol. The third-order valence-corrected chi connectivity index (χ3v) is 4.93. The molecule has 1 aliphatic carbocycles. The molecule has 2 rings (SSSR count). The third-order valence-electron chi connectivity index (χ3n) is 4.93. The highest BCUT2D eigenvalue weighted by molar-refractivity contribution is 5.92. The molecule has 132 valence electrons. The summed E-state index contributed by atoms with van der Waals surface area (Å²) >= 11 is 0. The Hall–Kier alpha value is -1.97. The van der Waals surface area contributed by atoms with E-state index >= 15 is 0 Å². The second-order valence-corrected chi connectivity index (χ2v) is 6.55. The standard InChI is InChI=1S/C20H29NO3/c1-6-14(2)15(3)21(17-9-10-17)20(22)12-8-16-7-11-18(23-4)19(13-16)24-5/h7-8,11-15,17H,6,9-10H2,1-5H3. The number of ether oxygens (including phenoxy) is 2. The van der Waals surface area contributed by atoms with Gasteiger partial charge < -0.3 is 14.4 Å². The molecule has 2 atom stereocenters. The van der Waals surface area contributed by atoms with Crippen LogP contribution in [0.15, 0.2) is 24.3 Å². The molecular formula is C20H29NO3. The first kappa shape index (κ1) is 18.4. The number of carbonyl (C=O) groups is 1. The number of hydrogen-bond acceptors (Lipinski definition) is 3. The van der Waals surface area contributed by atoms with Gasteiger partial charge in [0.05, 0.1) is 14.2 Å². The molecule has 0 saturated heterocycles. The summed E-state index contributed by atoms with van der Waals surface area (Å²) in [5, 5.41) is 0. The van der Waals surface area contributed by atoms with Crippen molar-refractivity contribution in [3.8, 4) is 11.5 Å². The van der Waals surface area contributed by atoms with E-state index in [9.17, 15) is 4.79 Å². The molecule has 1 aromatic rings. The van der Waals surface area contributed by atoms with Crippen molar-refractivity contribution in [2.24, 2.45) is 5.92 Å². The number of nitrogens with zero attached hydrogens (tertiary/aromatic N) is 1. The average Bonchev–Trinajstić information content (AvgIpc) is 3.43. The summed E-state index contributed by atoms with van der Waals surface area (Å²) in [7, 11) is 3.22. The van der Waals surface area contributed by atoms with Crippen LogP contribution in [0.3, 0.4) is 0 Å². The van der Waals surface area contributed by atoms with Gasteiger partial charge in [-0.3, -0.25) is 4.79 Å². The first-order valence-corrected chi connectivity index (χ1v) is 8.74. The van der Waals surface area contributed by atoms with Gasteiger partial charge in [0.25, 0.3) is 0 Å². The van der Waals surface area contributed by atoms with Crippen LogP contribution in [0.1, 0.15) is 45.6 Å². The maximum atomic E-state index is 12.7. The van der Waals surface area contributed by atoms with Crippen molar-refractivity contribution in [2.45, 2.75) is 52.1 Å². The van der Waals surface area contributed by atoms with Crippen LogP contribution in [0.2, 0.25) is 0 Å². The quantitative estimate of drug-likeness (QED) is 0.672. The van der Waals surface area contributed by atoms with Crippen molar-refractivity contribution in [3.63, 3.8) is 0 Å². The fourth-order valence-corrected chi connectivity index (χ4v) is 2.89. The second-order valence-electron chi connectivity index (χ2n) is 6.55. The molecule has 1 fully saturated rings. The fraction of sp³-hybridized carbons (Fsp3) is 0.550. The van der Waals surface area contributed by atoms with Gasteiger partial charge in [0.2, 0.25) is 5.91 Å². The van der Waals surface area contributed by atoms with E-state index in [1.54, 1.807) is 20.3 Å². The van der Waals surface area contributed by atoms with Crippen molar-refractivity contribution in [3.05, 3.63) is 29.8 Å². The smallest absolute Gasteiger partial charge is 0.247 e. The number of carbonyl (C=O) groups excluding carboxylic acids is 1. The summed E-state index contributed by atoms with van der Waals surface area (Å²) < 4.78 is 10.6. The van der Waals surface area contributed by atoms with Gasteiger partial charge in [0.15, 0.2) is 11.5 Å². The van der Waals surface area contributed by atoms with Gasteiger partial charge in [0, 0.05) is 18.2 Å². The van der Waals surface area contributed by atoms with Crippen LogP contribution < -0.4 is 9.47 Å². The highest BCUT2D eigenvalue weighted by Crippen LogP contribution is 2.32. The van der Waals surface area contributed by atoms with Gasteiger partial charge in [-0.1, -0.05) is 26.3 Å². The first-order valence-electron chi connectivity index (χ1n) is 8.74. The zero-order valence-corrected chi connectivity index (χ0v) is 15.4. The van der Waals surface area contributed by atoms with Crippen molar-refractivity contribution in [1.82, 2.24) is 4.90 Å². The van der Waals surface area contributed by atoms with E-state index in [-0.39, 0.29) is 11.9 Å². The molecular weight excluding hydrogens is 302 g/mol. The largest absolute Gasteiger partial charge is 0.493 e. The van der Waals surface area contributed by atoms with Gasteiger partial charge in [-0.15, -0.1) is 0 Å². The van der Waals surface area contributed by atoms with Gasteiger partial charge in [-0.2, -0.15) is 0 Å². The van der Waals surface area contributed by atoms with E-state index in [4.69, 9.17) is 9.47 Å². The van der Waals surface area contributed by atoms with Gasteiger partial charge >= 0.3 is 0 Å². The molecule has 1 saturated carbocycles. The molecule has 0 aliphatic heterocycles. The number of methoxy groups -OCH3 is 2. The highest BCUT2D eigenvalue weighted by Gasteiger charge is 2.36. The molecule has 1 amide bonds. The summed E-state index contributed by atoms with van der Waals surface area (Å²) in [6, 6.07) is 6.33. The van der Waals surface area contributed by atoms with E-state index in [0.29, 0.717) is 23.5 Å². The van der Waals surface area contributed by atoms with Crippen molar-refractivity contribution in [2.75, 3.05) is 14.2 Å². The maximum Gasteiger partial charge on any atom is 0.247 e. The van der Waals surface area contributed by atoms with Crippen LogP contribution in [0.4, 0.5) is 0 Å². The lowest BCUT2D eigenvalue weighted by Gasteiger charge is -2.32. The second kappa shape index (κ2) is 8.22. The zero-order chi connectivity index (χ0) is 17.7. The molecule has 0 N–H and O–H groups in total. The summed E-state index contributed by atoms with van der Waals surface area (Å²) in [5.41, 5.74) is 0.924. The van der Waals surface area contributed by atoms with Crippen LogP contribution >= 0.6 is 0 Å². The third kappa shape index (κ3) is 4.31. The molecule has 1 aliphatic rings. The molecule has 1 aromatic carbocycles. The molecule has 0 bridgehead atoms. The van der Waals surface area contributed by atoms with E-state index in [2.05, 4.69) is 25.7 Å². The zero-order valence-electron chi connectivity index (χ0n) is 15.4. The van der Waals surface area contributed by atoms with E-state index < -0.39 is 0 Å². The molecule has 4 nitrogen and oxygen atoms in total. The molecule has 4 heteroatoms. The summed E-state index contributed by atoms with van der Waals surface area (Å²) in [6.07, 6.45) is 6.85. The highest BCUT2D eigenvalue weighted by atomic mass is 16.5. The average molecular weight is 331 g/mol. The fourth-order valence-electron chi connectivity index (χ4n) is 2.89. The number of benzene rings is 1. The lowest BCUT2D eigenvalue weighted by atomic mass is 9.99. The van der Waals surface area contributed by atoms with Crippen LogP contribution in [-0.2, 0) is 4.79 Å². The van der Waals surface area contributed by atoms with Crippen molar-refractivity contribution in [1.29, 1.82) is 0 Å².